The summed E-state index contributed by atoms with van der Waals surface area (Å²) in [6.45, 7) is 3.31. The van der Waals surface area contributed by atoms with Crippen LogP contribution in [0, 0.1) is 0 Å². The minimum Gasteiger partial charge on any atom is -0.393 e. The number of aliphatic hydroxyl groups excluding tert-OH is 1. The molecule has 0 aliphatic heterocycles. The Bertz CT molecular complexity index is 473. The Labute approximate surface area is 107 Å². The lowest BCUT2D eigenvalue weighted by molar-refractivity contribution is 0.175. The van der Waals surface area contributed by atoms with Crippen LogP contribution in [-0.2, 0) is 10.0 Å². The van der Waals surface area contributed by atoms with Gasteiger partial charge in [0, 0.05) is 6.04 Å². The highest BCUT2D eigenvalue weighted by molar-refractivity contribution is 7.89. The SMILES string of the molecule is CC(O)CC(C)NS(=O)(=O)c1ccccc1Cl. The van der Waals surface area contributed by atoms with Crippen LogP contribution in [0.2, 0.25) is 5.02 Å². The number of nitrogens with one attached hydrogen (secondary N) is 1. The van der Waals surface area contributed by atoms with E-state index in [0.29, 0.717) is 6.42 Å². The van der Waals surface area contributed by atoms with Crippen LogP contribution in [0.3, 0.4) is 0 Å². The van der Waals surface area contributed by atoms with Crippen LogP contribution in [0.5, 0.6) is 0 Å². The minimum absolute atomic E-state index is 0.0547. The maximum absolute atomic E-state index is 12.0. The number of halogens is 1. The number of aliphatic hydroxyl groups is 1. The molecule has 1 aromatic carbocycles. The van der Waals surface area contributed by atoms with E-state index in [-0.39, 0.29) is 16.0 Å². The molecule has 0 spiro atoms. The zero-order valence-electron chi connectivity index (χ0n) is 9.72. The van der Waals surface area contributed by atoms with Crippen molar-refractivity contribution in [1.82, 2.24) is 4.72 Å². The third-order valence-corrected chi connectivity index (χ3v) is 4.27. The van der Waals surface area contributed by atoms with Crippen LogP contribution in [0.25, 0.3) is 0 Å². The molecule has 0 saturated carbocycles. The maximum Gasteiger partial charge on any atom is 0.242 e. The summed E-state index contributed by atoms with van der Waals surface area (Å²) in [7, 11) is -3.63. The molecule has 0 saturated heterocycles. The van der Waals surface area contributed by atoms with Gasteiger partial charge in [0.05, 0.1) is 11.1 Å². The first-order chi connectivity index (χ1) is 7.83. The molecule has 1 aromatic rings. The smallest absolute Gasteiger partial charge is 0.242 e. The van der Waals surface area contributed by atoms with Gasteiger partial charge in [0.25, 0.3) is 0 Å². The number of hydrogen-bond acceptors (Lipinski definition) is 3. The fourth-order valence-corrected chi connectivity index (χ4v) is 3.33. The van der Waals surface area contributed by atoms with Gasteiger partial charge < -0.3 is 5.11 Å². The third-order valence-electron chi connectivity index (χ3n) is 2.18. The van der Waals surface area contributed by atoms with Crippen LogP contribution < -0.4 is 4.72 Å². The largest absolute Gasteiger partial charge is 0.393 e. The van der Waals surface area contributed by atoms with Crippen molar-refractivity contribution in [3.63, 3.8) is 0 Å². The minimum atomic E-state index is -3.63. The molecule has 0 amide bonds. The van der Waals surface area contributed by atoms with E-state index in [9.17, 15) is 13.5 Å². The molecule has 0 aliphatic rings. The molecule has 2 atom stereocenters. The molecule has 6 heteroatoms. The second kappa shape index (κ2) is 5.82. The molecule has 2 N–H and O–H groups in total. The summed E-state index contributed by atoms with van der Waals surface area (Å²) >= 11 is 5.83. The first-order valence-electron chi connectivity index (χ1n) is 5.28. The lowest BCUT2D eigenvalue weighted by Gasteiger charge is -2.16. The van der Waals surface area contributed by atoms with Crippen molar-refractivity contribution in [3.05, 3.63) is 29.3 Å². The van der Waals surface area contributed by atoms with Crippen LogP contribution in [-0.4, -0.2) is 25.7 Å². The van der Waals surface area contributed by atoms with Gasteiger partial charge in [-0.15, -0.1) is 0 Å². The number of benzene rings is 1. The fourth-order valence-electron chi connectivity index (χ4n) is 1.55. The Morgan fingerprint density at radius 2 is 1.94 bits per heavy atom. The maximum atomic E-state index is 12.0. The number of rotatable bonds is 5. The van der Waals surface area contributed by atoms with Gasteiger partial charge in [0.1, 0.15) is 4.90 Å². The quantitative estimate of drug-likeness (QED) is 0.862. The van der Waals surface area contributed by atoms with Crippen molar-refractivity contribution in [2.45, 2.75) is 37.3 Å². The van der Waals surface area contributed by atoms with Crippen LogP contribution in [0.1, 0.15) is 20.3 Å². The van der Waals surface area contributed by atoms with Gasteiger partial charge in [0.15, 0.2) is 0 Å². The number of sulfonamides is 1. The Balaban J connectivity index is 2.86. The van der Waals surface area contributed by atoms with Crippen molar-refractivity contribution in [2.75, 3.05) is 0 Å². The van der Waals surface area contributed by atoms with Gasteiger partial charge in [-0.25, -0.2) is 13.1 Å². The van der Waals surface area contributed by atoms with E-state index in [2.05, 4.69) is 4.72 Å². The summed E-state index contributed by atoms with van der Waals surface area (Å²) in [4.78, 5) is 0.0547. The number of hydrogen-bond donors (Lipinski definition) is 2. The molecular formula is C11H16ClNO3S. The van der Waals surface area contributed by atoms with E-state index in [4.69, 9.17) is 11.6 Å². The molecule has 1 rings (SSSR count). The zero-order valence-corrected chi connectivity index (χ0v) is 11.3. The summed E-state index contributed by atoms with van der Waals surface area (Å²) in [5.41, 5.74) is 0. The summed E-state index contributed by atoms with van der Waals surface area (Å²) in [5.74, 6) is 0. The Morgan fingerprint density at radius 3 is 2.47 bits per heavy atom. The second-order valence-corrected chi connectivity index (χ2v) is 6.13. The Morgan fingerprint density at radius 1 is 1.35 bits per heavy atom. The molecule has 0 heterocycles. The van der Waals surface area contributed by atoms with Crippen LogP contribution in [0.4, 0.5) is 0 Å². The Hall–Kier alpha value is -0.620. The van der Waals surface area contributed by atoms with Gasteiger partial charge in [-0.2, -0.15) is 0 Å². The van der Waals surface area contributed by atoms with E-state index in [1.165, 1.54) is 12.1 Å². The molecule has 2 unspecified atom stereocenters. The van der Waals surface area contributed by atoms with E-state index >= 15 is 0 Å². The topological polar surface area (TPSA) is 66.4 Å². The molecule has 0 aromatic heterocycles. The molecule has 17 heavy (non-hydrogen) atoms. The van der Waals surface area contributed by atoms with Gasteiger partial charge in [-0.05, 0) is 32.4 Å². The van der Waals surface area contributed by atoms with E-state index in [1.807, 2.05) is 0 Å². The normalized spacial score (nSPS) is 15.5. The average Bonchev–Trinajstić information content (AvgIpc) is 2.15. The Kier molecular flexibility index (Phi) is 4.94. The molecule has 0 radical (unpaired) electrons. The lowest BCUT2D eigenvalue weighted by atomic mass is 10.2. The van der Waals surface area contributed by atoms with Gasteiger partial charge >= 0.3 is 0 Å². The highest BCUT2D eigenvalue weighted by atomic mass is 35.5. The molecule has 0 fully saturated rings. The van der Waals surface area contributed by atoms with Crippen molar-refractivity contribution in [1.29, 1.82) is 0 Å². The predicted octanol–water partition coefficient (Wildman–Crippen LogP) is 1.78. The summed E-state index contributed by atoms with van der Waals surface area (Å²) < 4.78 is 26.4. The summed E-state index contributed by atoms with van der Waals surface area (Å²) in [6, 6.07) is 5.89. The molecule has 4 nitrogen and oxygen atoms in total. The average molecular weight is 278 g/mol. The molecule has 96 valence electrons. The summed E-state index contributed by atoms with van der Waals surface area (Å²) in [5, 5.41) is 9.37. The van der Waals surface area contributed by atoms with Gasteiger partial charge in [0.2, 0.25) is 10.0 Å². The third kappa shape index (κ3) is 4.27. The molecular weight excluding hydrogens is 262 g/mol. The van der Waals surface area contributed by atoms with E-state index in [1.54, 1.807) is 26.0 Å². The van der Waals surface area contributed by atoms with Crippen molar-refractivity contribution in [3.8, 4) is 0 Å². The molecule has 0 aliphatic carbocycles. The van der Waals surface area contributed by atoms with E-state index in [0.717, 1.165) is 0 Å². The monoisotopic (exact) mass is 277 g/mol. The first-order valence-corrected chi connectivity index (χ1v) is 7.14. The zero-order chi connectivity index (χ0) is 13.1. The predicted molar refractivity (Wildman–Crippen MR) is 67.5 cm³/mol. The summed E-state index contributed by atoms with van der Waals surface area (Å²) in [6.07, 6.45) is -0.206. The van der Waals surface area contributed by atoms with Gasteiger partial charge in [-0.1, -0.05) is 23.7 Å². The van der Waals surface area contributed by atoms with Crippen molar-refractivity contribution < 1.29 is 13.5 Å². The lowest BCUT2D eigenvalue weighted by Crippen LogP contribution is -2.34. The molecule has 0 bridgehead atoms. The van der Waals surface area contributed by atoms with Crippen LogP contribution >= 0.6 is 11.6 Å². The van der Waals surface area contributed by atoms with Crippen molar-refractivity contribution in [2.24, 2.45) is 0 Å². The standard InChI is InChI=1S/C11H16ClNO3S/c1-8(7-9(2)14)13-17(15,16)11-6-4-3-5-10(11)12/h3-6,8-9,13-14H,7H2,1-2H3. The van der Waals surface area contributed by atoms with Gasteiger partial charge in [-0.3, -0.25) is 0 Å². The fraction of sp³-hybridized carbons (Fsp3) is 0.455. The first kappa shape index (κ1) is 14.4. The highest BCUT2D eigenvalue weighted by Gasteiger charge is 2.20. The van der Waals surface area contributed by atoms with Crippen molar-refractivity contribution >= 4 is 21.6 Å². The second-order valence-electron chi connectivity index (χ2n) is 4.04. The highest BCUT2D eigenvalue weighted by Crippen LogP contribution is 2.20. The van der Waals surface area contributed by atoms with Crippen LogP contribution in [0.15, 0.2) is 29.2 Å². The van der Waals surface area contributed by atoms with E-state index < -0.39 is 16.1 Å².